The molecule has 0 bridgehead atoms. The van der Waals surface area contributed by atoms with Gasteiger partial charge in [0.15, 0.2) is 11.6 Å². The maximum Gasteiger partial charge on any atom is 0.324 e. The Labute approximate surface area is 260 Å². The van der Waals surface area contributed by atoms with Crippen LogP contribution in [0.5, 0.6) is 5.75 Å². The van der Waals surface area contributed by atoms with Gasteiger partial charge in [0, 0.05) is 28.7 Å². The van der Waals surface area contributed by atoms with Crippen LogP contribution < -0.4 is 26.8 Å². The molecule has 6 N–H and O–H groups in total. The van der Waals surface area contributed by atoms with Crippen molar-refractivity contribution in [3.63, 3.8) is 0 Å². The van der Waals surface area contributed by atoms with E-state index in [1.54, 1.807) is 13.2 Å². The summed E-state index contributed by atoms with van der Waals surface area (Å²) in [6, 6.07) is 35.5. The molecule has 0 saturated carbocycles. The van der Waals surface area contributed by atoms with E-state index in [1.807, 2.05) is 109 Å². The van der Waals surface area contributed by atoms with Crippen molar-refractivity contribution in [2.24, 2.45) is 0 Å². The average molecular weight is 595 g/mol. The number of nitrogen functional groups attached to an aromatic ring is 2. The van der Waals surface area contributed by atoms with Gasteiger partial charge in [0.25, 0.3) is 0 Å². The highest BCUT2D eigenvalue weighted by Crippen LogP contribution is 2.36. The largest absolute Gasteiger partial charge is 0.497 e. The van der Waals surface area contributed by atoms with Crippen molar-refractivity contribution >= 4 is 29.2 Å². The summed E-state index contributed by atoms with van der Waals surface area (Å²) in [6.07, 6.45) is 0.477. The van der Waals surface area contributed by atoms with Gasteiger partial charge in [0.2, 0.25) is 0 Å². The fraction of sp³-hybridized carbons (Fsp3) is 0.0571. The highest BCUT2D eigenvalue weighted by atomic mass is 16.5. The van der Waals surface area contributed by atoms with Gasteiger partial charge in [-0.3, -0.25) is 5.32 Å². The van der Waals surface area contributed by atoms with Gasteiger partial charge in [0.05, 0.1) is 18.5 Å². The Bertz CT molecular complexity index is 1920. The molecule has 6 aromatic rings. The summed E-state index contributed by atoms with van der Waals surface area (Å²) in [5, 5.41) is 14.1. The summed E-state index contributed by atoms with van der Waals surface area (Å²) in [5.41, 5.74) is 19.0. The number of carbonyl (C=O) groups excluding carboxylic acids is 1. The third-order valence-corrected chi connectivity index (χ3v) is 7.22. The number of hydrogen-bond acceptors (Lipinski definition) is 8. The lowest BCUT2D eigenvalue weighted by atomic mass is 9.97. The van der Waals surface area contributed by atoms with E-state index in [2.05, 4.69) is 30.8 Å². The zero-order valence-electron chi connectivity index (χ0n) is 24.4. The number of rotatable bonds is 8. The second kappa shape index (κ2) is 12.9. The molecule has 2 amide bonds. The number of anilines is 4. The zero-order chi connectivity index (χ0) is 31.2. The normalized spacial score (nSPS) is 10.7. The first-order valence-electron chi connectivity index (χ1n) is 14.2. The van der Waals surface area contributed by atoms with Gasteiger partial charge in [-0.05, 0) is 41.5 Å². The molecule has 0 aliphatic carbocycles. The summed E-state index contributed by atoms with van der Waals surface area (Å²) in [5.74, 6) is 2.06. The van der Waals surface area contributed by atoms with E-state index in [-0.39, 0.29) is 0 Å². The van der Waals surface area contributed by atoms with Crippen molar-refractivity contribution in [3.05, 3.63) is 126 Å². The highest BCUT2D eigenvalue weighted by molar-refractivity contribution is 6.02. The molecule has 10 heteroatoms. The van der Waals surface area contributed by atoms with Gasteiger partial charge in [-0.2, -0.15) is 0 Å². The first-order valence-corrected chi connectivity index (χ1v) is 14.2. The standard InChI is InChI=1S/C35H30N8O2/c1-45-24-17-15-22(16-18-24)21-28-32(36)40-34(41-33(28)37)27-13-6-5-11-25(27)26-12-7-8-14-30(26)38-35(44)39-31-20-19-29(42-43-31)23-9-3-2-4-10-23/h2-20H,21H2,1H3,(H4,36,37,40,41)(H2,38,39,43,44). The van der Waals surface area contributed by atoms with E-state index >= 15 is 0 Å². The molecule has 0 aliphatic rings. The van der Waals surface area contributed by atoms with Crippen LogP contribution in [-0.2, 0) is 6.42 Å². The Morgan fingerprint density at radius 1 is 0.689 bits per heavy atom. The third kappa shape index (κ3) is 6.55. The van der Waals surface area contributed by atoms with Crippen LogP contribution in [0.2, 0.25) is 0 Å². The Hall–Kier alpha value is -6.29. The number of carbonyl (C=O) groups is 1. The zero-order valence-corrected chi connectivity index (χ0v) is 24.4. The number of nitrogens with zero attached hydrogens (tertiary/aromatic N) is 4. The lowest BCUT2D eigenvalue weighted by Gasteiger charge is -2.16. The molecule has 222 valence electrons. The van der Waals surface area contributed by atoms with E-state index in [1.165, 1.54) is 0 Å². The van der Waals surface area contributed by atoms with Crippen LogP contribution in [0.3, 0.4) is 0 Å². The van der Waals surface area contributed by atoms with Crippen LogP contribution in [0, 0.1) is 0 Å². The van der Waals surface area contributed by atoms with Crippen LogP contribution in [0.15, 0.2) is 115 Å². The van der Waals surface area contributed by atoms with Gasteiger partial charge in [0.1, 0.15) is 17.4 Å². The second-order valence-electron chi connectivity index (χ2n) is 10.2. The van der Waals surface area contributed by atoms with Crippen molar-refractivity contribution in [1.29, 1.82) is 0 Å². The predicted octanol–water partition coefficient (Wildman–Crippen LogP) is 6.68. The Morgan fingerprint density at radius 3 is 2.00 bits per heavy atom. The molecule has 0 saturated heterocycles. The summed E-state index contributed by atoms with van der Waals surface area (Å²) in [6.45, 7) is 0. The summed E-state index contributed by atoms with van der Waals surface area (Å²) < 4.78 is 5.25. The van der Waals surface area contributed by atoms with Crippen LogP contribution in [0.4, 0.5) is 27.9 Å². The molecule has 0 spiro atoms. The highest BCUT2D eigenvalue weighted by Gasteiger charge is 2.18. The smallest absolute Gasteiger partial charge is 0.324 e. The van der Waals surface area contributed by atoms with Crippen LogP contribution in [0.1, 0.15) is 11.1 Å². The second-order valence-corrected chi connectivity index (χ2v) is 10.2. The van der Waals surface area contributed by atoms with Gasteiger partial charge in [-0.1, -0.05) is 84.9 Å². The first-order chi connectivity index (χ1) is 22.0. The van der Waals surface area contributed by atoms with E-state index in [4.69, 9.17) is 16.2 Å². The number of hydrogen-bond donors (Lipinski definition) is 4. The van der Waals surface area contributed by atoms with Gasteiger partial charge in [-0.15, -0.1) is 10.2 Å². The molecule has 10 nitrogen and oxygen atoms in total. The SMILES string of the molecule is COc1ccc(Cc2c(N)nc(-c3ccccc3-c3ccccc3NC(=O)Nc3ccc(-c4ccccc4)nn3)nc2N)cc1. The minimum atomic E-state index is -0.464. The summed E-state index contributed by atoms with van der Waals surface area (Å²) in [7, 11) is 1.62. The van der Waals surface area contributed by atoms with Crippen molar-refractivity contribution in [3.8, 4) is 39.5 Å². The predicted molar refractivity (Wildman–Crippen MR) is 178 cm³/mol. The number of methoxy groups -OCH3 is 1. The molecule has 0 aliphatic heterocycles. The molecule has 6 rings (SSSR count). The molecule has 0 radical (unpaired) electrons. The lowest BCUT2D eigenvalue weighted by molar-refractivity contribution is 0.262. The van der Waals surface area contributed by atoms with Crippen LogP contribution in [-0.4, -0.2) is 33.3 Å². The molecule has 0 atom stereocenters. The molecular formula is C35H30N8O2. The van der Waals surface area contributed by atoms with E-state index < -0.39 is 6.03 Å². The number of urea groups is 1. The molecule has 2 heterocycles. The molecule has 0 fully saturated rings. The third-order valence-electron chi connectivity index (χ3n) is 7.22. The van der Waals surface area contributed by atoms with E-state index in [9.17, 15) is 4.79 Å². The summed E-state index contributed by atoms with van der Waals surface area (Å²) in [4.78, 5) is 22.3. The monoisotopic (exact) mass is 594 g/mol. The van der Waals surface area contributed by atoms with Crippen LogP contribution in [0.25, 0.3) is 33.8 Å². The van der Waals surface area contributed by atoms with E-state index in [0.717, 1.165) is 28.0 Å². The Balaban J connectivity index is 1.23. The number of ether oxygens (including phenoxy) is 1. The summed E-state index contributed by atoms with van der Waals surface area (Å²) >= 11 is 0. The molecule has 4 aromatic carbocycles. The molecule has 0 unspecified atom stereocenters. The minimum absolute atomic E-state index is 0.299. The number of nitrogens with one attached hydrogen (secondary N) is 2. The van der Waals surface area contributed by atoms with Gasteiger partial charge < -0.3 is 21.5 Å². The Kier molecular flexibility index (Phi) is 8.27. The fourth-order valence-electron chi connectivity index (χ4n) is 4.94. The number of para-hydroxylation sites is 1. The molecule has 45 heavy (non-hydrogen) atoms. The molecule has 2 aromatic heterocycles. The first kappa shape index (κ1) is 28.8. The van der Waals surface area contributed by atoms with Crippen LogP contribution >= 0.6 is 0 Å². The number of amides is 2. The van der Waals surface area contributed by atoms with Crippen molar-refractivity contribution < 1.29 is 9.53 Å². The fourth-order valence-corrected chi connectivity index (χ4v) is 4.94. The number of aromatic nitrogens is 4. The van der Waals surface area contributed by atoms with E-state index in [0.29, 0.717) is 52.2 Å². The van der Waals surface area contributed by atoms with Crippen molar-refractivity contribution in [1.82, 2.24) is 20.2 Å². The topological polar surface area (TPSA) is 154 Å². The number of benzene rings is 4. The Morgan fingerprint density at radius 2 is 1.33 bits per heavy atom. The molecular weight excluding hydrogens is 564 g/mol. The average Bonchev–Trinajstić information content (AvgIpc) is 3.07. The van der Waals surface area contributed by atoms with Gasteiger partial charge in [-0.25, -0.2) is 14.8 Å². The maximum absolute atomic E-state index is 13.0. The lowest BCUT2D eigenvalue weighted by Crippen LogP contribution is -2.20. The van der Waals surface area contributed by atoms with Crippen molar-refractivity contribution in [2.45, 2.75) is 6.42 Å². The maximum atomic E-state index is 13.0. The number of nitrogens with two attached hydrogens (primary N) is 2. The van der Waals surface area contributed by atoms with Crippen molar-refractivity contribution in [2.75, 3.05) is 29.2 Å². The quantitative estimate of drug-likeness (QED) is 0.152. The minimum Gasteiger partial charge on any atom is -0.497 e. The van der Waals surface area contributed by atoms with Gasteiger partial charge >= 0.3 is 6.03 Å².